The Hall–Kier alpha value is -3.18. The third-order valence-electron chi connectivity index (χ3n) is 3.41. The molecule has 0 fully saturated rings. The van der Waals surface area contributed by atoms with E-state index < -0.39 is 10.7 Å². The normalized spacial score (nSPS) is 10.4. The first-order valence-corrected chi connectivity index (χ1v) is 7.56. The van der Waals surface area contributed by atoms with Gasteiger partial charge < -0.3 is 10.1 Å². The molecule has 2 aromatic carbocycles. The molecule has 0 saturated carbocycles. The van der Waals surface area contributed by atoms with Gasteiger partial charge in [-0.3, -0.25) is 10.1 Å². The number of hydrogen-bond donors (Lipinski definition) is 1. The highest BCUT2D eigenvalue weighted by Gasteiger charge is 2.19. The van der Waals surface area contributed by atoms with Crippen molar-refractivity contribution in [3.05, 3.63) is 57.9 Å². The lowest BCUT2D eigenvalue weighted by atomic mass is 10.1. The van der Waals surface area contributed by atoms with Crippen molar-refractivity contribution in [3.8, 4) is 11.8 Å². The predicted molar refractivity (Wildman–Crippen MR) is 89.4 cm³/mol. The summed E-state index contributed by atoms with van der Waals surface area (Å²) >= 11 is 1.24. The van der Waals surface area contributed by atoms with Gasteiger partial charge in [0.15, 0.2) is 0 Å². The Bertz CT molecular complexity index is 994. The highest BCUT2D eigenvalue weighted by atomic mass is 32.1. The van der Waals surface area contributed by atoms with Crippen LogP contribution in [0, 0.1) is 27.3 Å². The molecule has 120 valence electrons. The molecule has 0 aliphatic heterocycles. The lowest BCUT2D eigenvalue weighted by Crippen LogP contribution is -1.97. The number of hydrogen-bond acceptors (Lipinski definition) is 6. The number of anilines is 2. The summed E-state index contributed by atoms with van der Waals surface area (Å²) in [4.78, 5) is 10.5. The van der Waals surface area contributed by atoms with E-state index in [1.54, 1.807) is 18.2 Å². The lowest BCUT2D eigenvalue weighted by Gasteiger charge is -2.05. The van der Waals surface area contributed by atoms with Gasteiger partial charge in [0.2, 0.25) is 0 Å². The zero-order chi connectivity index (χ0) is 17.3. The van der Waals surface area contributed by atoms with E-state index in [1.807, 2.05) is 0 Å². The molecule has 0 atom stereocenters. The molecular formula is C16H10FN3O3S. The Morgan fingerprint density at radius 2 is 2.12 bits per heavy atom. The smallest absolute Gasteiger partial charge is 0.292 e. The second kappa shape index (κ2) is 6.14. The Kier molecular flexibility index (Phi) is 4.02. The van der Waals surface area contributed by atoms with Crippen LogP contribution in [0.3, 0.4) is 0 Å². The van der Waals surface area contributed by atoms with E-state index in [9.17, 15) is 19.8 Å². The van der Waals surface area contributed by atoms with E-state index in [0.717, 1.165) is 22.9 Å². The minimum absolute atomic E-state index is 0.00461. The molecule has 24 heavy (non-hydrogen) atoms. The highest BCUT2D eigenvalue weighted by Crippen LogP contribution is 2.40. The van der Waals surface area contributed by atoms with Crippen molar-refractivity contribution in [3.63, 3.8) is 0 Å². The number of nitrogens with one attached hydrogen (secondary N) is 1. The molecule has 0 saturated heterocycles. The van der Waals surface area contributed by atoms with E-state index in [0.29, 0.717) is 21.7 Å². The molecule has 8 heteroatoms. The summed E-state index contributed by atoms with van der Waals surface area (Å²) in [6.45, 7) is 0. The van der Waals surface area contributed by atoms with E-state index in [-0.39, 0.29) is 11.4 Å². The van der Waals surface area contributed by atoms with Gasteiger partial charge in [0.25, 0.3) is 5.69 Å². The molecule has 0 aliphatic rings. The monoisotopic (exact) mass is 343 g/mol. The molecule has 1 aromatic heterocycles. The van der Waals surface area contributed by atoms with Crippen molar-refractivity contribution in [2.45, 2.75) is 0 Å². The molecule has 3 rings (SSSR count). The zero-order valence-corrected chi connectivity index (χ0v) is 13.2. The largest absolute Gasteiger partial charge is 0.497 e. The number of methoxy groups -OCH3 is 1. The predicted octanol–water partition coefficient (Wildman–Crippen LogP) is 4.57. The minimum Gasteiger partial charge on any atom is -0.497 e. The third-order valence-corrected chi connectivity index (χ3v) is 4.48. The molecular weight excluding hydrogens is 333 g/mol. The summed E-state index contributed by atoms with van der Waals surface area (Å²) in [5, 5.41) is 24.4. The van der Waals surface area contributed by atoms with Gasteiger partial charge in [-0.1, -0.05) is 0 Å². The number of rotatable bonds is 4. The number of nitro benzene ring substituents is 1. The van der Waals surface area contributed by atoms with Crippen LogP contribution in [-0.2, 0) is 0 Å². The van der Waals surface area contributed by atoms with Gasteiger partial charge in [-0.05, 0) is 24.3 Å². The minimum atomic E-state index is -0.607. The van der Waals surface area contributed by atoms with Crippen LogP contribution in [0.25, 0.3) is 10.1 Å². The summed E-state index contributed by atoms with van der Waals surface area (Å²) in [7, 11) is 1.54. The third kappa shape index (κ3) is 2.73. The molecule has 6 nitrogen and oxygen atoms in total. The van der Waals surface area contributed by atoms with E-state index in [2.05, 4.69) is 11.4 Å². The average Bonchev–Trinajstić information content (AvgIpc) is 2.90. The number of ether oxygens (including phenoxy) is 1. The highest BCUT2D eigenvalue weighted by molar-refractivity contribution is 7.23. The molecule has 0 radical (unpaired) electrons. The summed E-state index contributed by atoms with van der Waals surface area (Å²) in [5.74, 6) is 0.0286. The van der Waals surface area contributed by atoms with Crippen molar-refractivity contribution in [1.29, 1.82) is 5.26 Å². The molecule has 1 heterocycles. The summed E-state index contributed by atoms with van der Waals surface area (Å²) in [6, 6.07) is 10.5. The fourth-order valence-electron chi connectivity index (χ4n) is 2.29. The van der Waals surface area contributed by atoms with Gasteiger partial charge >= 0.3 is 0 Å². The molecule has 1 N–H and O–H groups in total. The Labute approximate surface area is 139 Å². The Balaban J connectivity index is 2.12. The second-order valence-corrected chi connectivity index (χ2v) is 5.88. The standard InChI is InChI=1S/C16H10FN3O3S/c1-23-10-3-4-11-12(8-18)16(24-15(11)7-10)19-13-6-9(17)2-5-14(13)20(21)22/h2-7,19H,1H3. The number of halogens is 1. The van der Waals surface area contributed by atoms with Crippen molar-refractivity contribution in [1.82, 2.24) is 0 Å². The van der Waals surface area contributed by atoms with Gasteiger partial charge in [0.05, 0.1) is 17.6 Å². The summed E-state index contributed by atoms with van der Waals surface area (Å²) in [5.41, 5.74) is 0.0709. The van der Waals surface area contributed by atoms with Crippen molar-refractivity contribution < 1.29 is 14.1 Å². The molecule has 0 amide bonds. The number of fused-ring (bicyclic) bond motifs is 1. The molecule has 0 aliphatic carbocycles. The maximum absolute atomic E-state index is 13.5. The van der Waals surface area contributed by atoms with Crippen LogP contribution in [0.15, 0.2) is 36.4 Å². The maximum Gasteiger partial charge on any atom is 0.292 e. The molecule has 0 spiro atoms. The number of benzene rings is 2. The number of nitriles is 1. The Morgan fingerprint density at radius 1 is 1.33 bits per heavy atom. The second-order valence-electron chi connectivity index (χ2n) is 4.82. The topological polar surface area (TPSA) is 88.2 Å². The van der Waals surface area contributed by atoms with Gasteiger partial charge in [0.1, 0.15) is 28.3 Å². The Morgan fingerprint density at radius 3 is 2.79 bits per heavy atom. The van der Waals surface area contributed by atoms with Gasteiger partial charge in [-0.15, -0.1) is 11.3 Å². The van der Waals surface area contributed by atoms with Crippen LogP contribution >= 0.6 is 11.3 Å². The van der Waals surface area contributed by atoms with Crippen molar-refractivity contribution in [2.24, 2.45) is 0 Å². The first-order chi connectivity index (χ1) is 11.5. The van der Waals surface area contributed by atoms with Crippen LogP contribution in [0.2, 0.25) is 0 Å². The molecule has 0 unspecified atom stereocenters. The lowest BCUT2D eigenvalue weighted by molar-refractivity contribution is -0.384. The van der Waals surface area contributed by atoms with Gasteiger partial charge in [-0.25, -0.2) is 4.39 Å². The first kappa shape index (κ1) is 15.7. The van der Waals surface area contributed by atoms with Crippen LogP contribution < -0.4 is 10.1 Å². The van der Waals surface area contributed by atoms with E-state index in [4.69, 9.17) is 4.74 Å². The summed E-state index contributed by atoms with van der Waals surface area (Å²) in [6.07, 6.45) is 0. The quantitative estimate of drug-likeness (QED) is 0.553. The van der Waals surface area contributed by atoms with Crippen LogP contribution in [-0.4, -0.2) is 12.0 Å². The van der Waals surface area contributed by atoms with Crippen LogP contribution in [0.5, 0.6) is 5.75 Å². The van der Waals surface area contributed by atoms with E-state index in [1.165, 1.54) is 18.4 Å². The maximum atomic E-state index is 13.5. The average molecular weight is 343 g/mol. The first-order valence-electron chi connectivity index (χ1n) is 6.75. The number of nitrogens with zero attached hydrogens (tertiary/aromatic N) is 2. The fourth-order valence-corrected chi connectivity index (χ4v) is 3.39. The van der Waals surface area contributed by atoms with E-state index >= 15 is 0 Å². The van der Waals surface area contributed by atoms with Crippen LogP contribution in [0.1, 0.15) is 5.56 Å². The molecule has 3 aromatic rings. The summed E-state index contributed by atoms with van der Waals surface area (Å²) < 4.78 is 19.4. The number of thiophene rings is 1. The van der Waals surface area contributed by atoms with Gasteiger partial charge in [-0.2, -0.15) is 5.26 Å². The van der Waals surface area contributed by atoms with Crippen molar-refractivity contribution >= 4 is 37.8 Å². The molecule has 0 bridgehead atoms. The van der Waals surface area contributed by atoms with Gasteiger partial charge in [0, 0.05) is 22.2 Å². The SMILES string of the molecule is COc1ccc2c(C#N)c(Nc3cc(F)ccc3[N+](=O)[O-])sc2c1. The van der Waals surface area contributed by atoms with Crippen molar-refractivity contribution in [2.75, 3.05) is 12.4 Å². The zero-order valence-electron chi connectivity index (χ0n) is 12.4. The van der Waals surface area contributed by atoms with Crippen LogP contribution in [0.4, 0.5) is 20.8 Å². The number of nitro groups is 1. The fraction of sp³-hybridized carbons (Fsp3) is 0.0625.